The second-order valence-electron chi connectivity index (χ2n) is 3.23. The van der Waals surface area contributed by atoms with Crippen molar-refractivity contribution in [3.8, 4) is 0 Å². The molecule has 8 heteroatoms. The molecule has 8 nitrogen and oxygen atoms in total. The van der Waals surface area contributed by atoms with Crippen LogP contribution in [0.2, 0.25) is 0 Å². The molecule has 0 aliphatic carbocycles. The molecular formula is C13H18O8. The van der Waals surface area contributed by atoms with Crippen molar-refractivity contribution in [2.24, 2.45) is 0 Å². The Bertz CT molecular complexity index is 404. The van der Waals surface area contributed by atoms with Gasteiger partial charge < -0.3 is 18.9 Å². The smallest absolute Gasteiger partial charge is 0.333 e. The average molecular weight is 302 g/mol. The second-order valence-corrected chi connectivity index (χ2v) is 3.23. The van der Waals surface area contributed by atoms with E-state index in [0.29, 0.717) is 0 Å². The summed E-state index contributed by atoms with van der Waals surface area (Å²) in [6.45, 7) is 3.34. The van der Waals surface area contributed by atoms with Crippen molar-refractivity contribution in [1.29, 1.82) is 0 Å². The van der Waals surface area contributed by atoms with Crippen LogP contribution in [-0.2, 0) is 38.1 Å². The number of methoxy groups -OCH3 is 4. The van der Waals surface area contributed by atoms with E-state index >= 15 is 0 Å². The third-order valence-corrected chi connectivity index (χ3v) is 1.82. The van der Waals surface area contributed by atoms with Crippen molar-refractivity contribution >= 4 is 23.9 Å². The SMILES string of the molecule is C=C(CC(=O)OC)C(=O)OC.COC(=O)C=CC(=O)OC. The Morgan fingerprint density at radius 1 is 0.810 bits per heavy atom. The fourth-order valence-corrected chi connectivity index (χ4v) is 0.735. The molecule has 0 unspecified atom stereocenters. The van der Waals surface area contributed by atoms with E-state index in [0.717, 1.165) is 12.2 Å². The number of ether oxygens (including phenoxy) is 4. The molecule has 0 aromatic carbocycles. The molecule has 0 aromatic rings. The predicted molar refractivity (Wildman–Crippen MR) is 71.0 cm³/mol. The molecule has 0 amide bonds. The fraction of sp³-hybridized carbons (Fsp3) is 0.385. The molecule has 0 aliphatic rings. The number of hydrogen-bond donors (Lipinski definition) is 0. The molecule has 0 heterocycles. The number of rotatable bonds is 5. The van der Waals surface area contributed by atoms with Gasteiger partial charge in [-0.25, -0.2) is 14.4 Å². The normalized spacial score (nSPS) is 8.95. The minimum atomic E-state index is -0.588. The molecular weight excluding hydrogens is 284 g/mol. The fourth-order valence-electron chi connectivity index (χ4n) is 0.735. The summed E-state index contributed by atoms with van der Waals surface area (Å²) in [5.74, 6) is -2.24. The van der Waals surface area contributed by atoms with Crippen LogP contribution in [0, 0.1) is 0 Å². The third kappa shape index (κ3) is 12.2. The van der Waals surface area contributed by atoms with Crippen LogP contribution in [0.5, 0.6) is 0 Å². The molecule has 0 fully saturated rings. The molecule has 118 valence electrons. The maximum atomic E-state index is 10.6. The lowest BCUT2D eigenvalue weighted by Gasteiger charge is -2.00. The standard InChI is InChI=1S/C7H10O4.C6H8O4/c1-5(7(9)11-3)4-6(8)10-2;1-9-5(7)3-4-6(8)10-2/h1,4H2,2-3H3;3-4H,1-2H3. The first-order chi connectivity index (χ1) is 9.81. The average Bonchev–Trinajstić information content (AvgIpc) is 2.51. The summed E-state index contributed by atoms with van der Waals surface area (Å²) in [6, 6.07) is 0. The van der Waals surface area contributed by atoms with Crippen molar-refractivity contribution in [3.63, 3.8) is 0 Å². The van der Waals surface area contributed by atoms with Crippen molar-refractivity contribution in [3.05, 3.63) is 24.3 Å². The Hall–Kier alpha value is -2.64. The lowest BCUT2D eigenvalue weighted by molar-refractivity contribution is -0.143. The molecule has 0 bridgehead atoms. The van der Waals surface area contributed by atoms with Crippen LogP contribution < -0.4 is 0 Å². The molecule has 0 rings (SSSR count). The van der Waals surface area contributed by atoms with E-state index in [2.05, 4.69) is 25.5 Å². The Balaban J connectivity index is 0. The van der Waals surface area contributed by atoms with Gasteiger partial charge in [-0.3, -0.25) is 4.79 Å². The first-order valence-corrected chi connectivity index (χ1v) is 5.49. The molecule has 0 spiro atoms. The van der Waals surface area contributed by atoms with Gasteiger partial charge >= 0.3 is 23.9 Å². The van der Waals surface area contributed by atoms with Crippen molar-refractivity contribution < 1.29 is 38.1 Å². The molecule has 0 radical (unpaired) electrons. The minimum absolute atomic E-state index is 0.0966. The van der Waals surface area contributed by atoms with E-state index in [1.165, 1.54) is 28.4 Å². The van der Waals surface area contributed by atoms with Crippen molar-refractivity contribution in [1.82, 2.24) is 0 Å². The van der Waals surface area contributed by atoms with Crippen LogP contribution >= 0.6 is 0 Å². The van der Waals surface area contributed by atoms with Crippen LogP contribution in [-0.4, -0.2) is 52.3 Å². The number of carbonyl (C=O) groups excluding carboxylic acids is 4. The zero-order chi connectivity index (χ0) is 16.8. The Morgan fingerprint density at radius 2 is 1.24 bits per heavy atom. The number of esters is 4. The molecule has 0 N–H and O–H groups in total. The monoisotopic (exact) mass is 302 g/mol. The zero-order valence-electron chi connectivity index (χ0n) is 12.3. The van der Waals surface area contributed by atoms with Gasteiger partial charge in [-0.2, -0.15) is 0 Å². The van der Waals surface area contributed by atoms with Crippen LogP contribution in [0.3, 0.4) is 0 Å². The first-order valence-electron chi connectivity index (χ1n) is 5.49. The molecule has 0 saturated heterocycles. The molecule has 0 aromatic heterocycles. The van der Waals surface area contributed by atoms with E-state index in [4.69, 9.17) is 0 Å². The highest BCUT2D eigenvalue weighted by Crippen LogP contribution is 2.00. The highest BCUT2D eigenvalue weighted by atomic mass is 16.5. The van der Waals surface area contributed by atoms with Gasteiger partial charge in [-0.1, -0.05) is 6.58 Å². The number of hydrogen-bond acceptors (Lipinski definition) is 8. The maximum absolute atomic E-state index is 10.6. The lowest BCUT2D eigenvalue weighted by Crippen LogP contribution is -2.09. The van der Waals surface area contributed by atoms with Crippen LogP contribution in [0.25, 0.3) is 0 Å². The quantitative estimate of drug-likeness (QED) is 0.402. The van der Waals surface area contributed by atoms with Gasteiger partial charge in [0.05, 0.1) is 34.9 Å². The first kappa shape index (κ1) is 20.7. The third-order valence-electron chi connectivity index (χ3n) is 1.82. The van der Waals surface area contributed by atoms with Gasteiger partial charge in [-0.15, -0.1) is 0 Å². The molecule has 21 heavy (non-hydrogen) atoms. The second kappa shape index (κ2) is 12.4. The zero-order valence-corrected chi connectivity index (χ0v) is 12.3. The molecule has 0 aliphatic heterocycles. The summed E-state index contributed by atoms with van der Waals surface area (Å²) in [7, 11) is 4.92. The number of carbonyl (C=O) groups is 4. The Labute approximate surface area is 122 Å². The molecule has 0 saturated carbocycles. The van der Waals surface area contributed by atoms with E-state index in [-0.39, 0.29) is 12.0 Å². The largest absolute Gasteiger partial charge is 0.469 e. The summed E-state index contributed by atoms with van der Waals surface area (Å²) in [5.41, 5.74) is 0.0966. The van der Waals surface area contributed by atoms with Crippen LogP contribution in [0.4, 0.5) is 0 Å². The topological polar surface area (TPSA) is 105 Å². The predicted octanol–water partition coefficient (Wildman–Crippen LogP) is 0.167. The molecule has 0 atom stereocenters. The summed E-state index contributed by atoms with van der Waals surface area (Å²) in [5, 5.41) is 0. The van der Waals surface area contributed by atoms with E-state index in [1.807, 2.05) is 0 Å². The van der Waals surface area contributed by atoms with Gasteiger partial charge in [0.25, 0.3) is 0 Å². The van der Waals surface area contributed by atoms with E-state index in [9.17, 15) is 19.2 Å². The van der Waals surface area contributed by atoms with Crippen molar-refractivity contribution in [2.45, 2.75) is 6.42 Å². The summed E-state index contributed by atoms with van der Waals surface area (Å²) >= 11 is 0. The van der Waals surface area contributed by atoms with E-state index < -0.39 is 23.9 Å². The summed E-state index contributed by atoms with van der Waals surface area (Å²) < 4.78 is 17.0. The van der Waals surface area contributed by atoms with Gasteiger partial charge in [0.1, 0.15) is 0 Å². The van der Waals surface area contributed by atoms with Gasteiger partial charge in [0, 0.05) is 17.7 Å². The van der Waals surface area contributed by atoms with Crippen LogP contribution in [0.1, 0.15) is 6.42 Å². The highest BCUT2D eigenvalue weighted by Gasteiger charge is 2.11. The Kier molecular flexibility index (Phi) is 12.2. The van der Waals surface area contributed by atoms with Gasteiger partial charge in [-0.05, 0) is 0 Å². The van der Waals surface area contributed by atoms with E-state index in [1.54, 1.807) is 0 Å². The summed E-state index contributed by atoms with van der Waals surface area (Å²) in [4.78, 5) is 41.8. The Morgan fingerprint density at radius 3 is 1.52 bits per heavy atom. The van der Waals surface area contributed by atoms with Gasteiger partial charge in [0.15, 0.2) is 0 Å². The van der Waals surface area contributed by atoms with Crippen LogP contribution in [0.15, 0.2) is 24.3 Å². The van der Waals surface area contributed by atoms with Crippen molar-refractivity contribution in [2.75, 3.05) is 28.4 Å². The maximum Gasteiger partial charge on any atom is 0.333 e. The minimum Gasteiger partial charge on any atom is -0.469 e. The summed E-state index contributed by atoms with van der Waals surface area (Å²) in [6.07, 6.45) is 1.86. The van der Waals surface area contributed by atoms with Gasteiger partial charge in [0.2, 0.25) is 0 Å². The highest BCUT2D eigenvalue weighted by molar-refractivity contribution is 5.93. The lowest BCUT2D eigenvalue weighted by atomic mass is 10.2.